The number of hydrogen-bond acceptors (Lipinski definition) is 5. The first-order valence-electron chi connectivity index (χ1n) is 9.57. The average molecular weight is 474 g/mol. The molecule has 0 fully saturated rings. The lowest BCUT2D eigenvalue weighted by Crippen LogP contribution is -2.25. The molecule has 32 heavy (non-hydrogen) atoms. The van der Waals surface area contributed by atoms with Gasteiger partial charge in [0.25, 0.3) is 5.91 Å². The highest BCUT2D eigenvalue weighted by Crippen LogP contribution is 2.28. The van der Waals surface area contributed by atoms with E-state index in [0.29, 0.717) is 38.4 Å². The van der Waals surface area contributed by atoms with Crippen molar-refractivity contribution in [2.75, 3.05) is 12.4 Å². The summed E-state index contributed by atoms with van der Waals surface area (Å²) >= 11 is 12.3. The minimum absolute atomic E-state index is 0.338. The molecule has 1 N–H and O–H groups in total. The number of esters is 1. The highest BCUT2D eigenvalue weighted by Gasteiger charge is 2.25. The zero-order valence-corrected chi connectivity index (χ0v) is 19.1. The molecule has 0 bridgehead atoms. The third-order valence-corrected chi connectivity index (χ3v) is 5.32. The van der Waals surface area contributed by atoms with Crippen LogP contribution in [0.5, 0.6) is 5.75 Å². The van der Waals surface area contributed by atoms with E-state index in [-0.39, 0.29) is 0 Å². The highest BCUT2D eigenvalue weighted by molar-refractivity contribution is 6.32. The van der Waals surface area contributed by atoms with Gasteiger partial charge in [0.2, 0.25) is 6.10 Å². The van der Waals surface area contributed by atoms with E-state index < -0.39 is 18.0 Å². The van der Waals surface area contributed by atoms with Gasteiger partial charge in [0.15, 0.2) is 0 Å². The number of anilines is 1. The number of methoxy groups -OCH3 is 1. The van der Waals surface area contributed by atoms with Gasteiger partial charge >= 0.3 is 5.97 Å². The summed E-state index contributed by atoms with van der Waals surface area (Å²) in [4.78, 5) is 25.5. The molecule has 2 aromatic carbocycles. The molecule has 0 saturated heterocycles. The minimum Gasteiger partial charge on any atom is -0.495 e. The first-order valence-corrected chi connectivity index (χ1v) is 10.3. The van der Waals surface area contributed by atoms with Crippen molar-refractivity contribution in [3.05, 3.63) is 81.6 Å². The van der Waals surface area contributed by atoms with Crippen LogP contribution in [-0.4, -0.2) is 28.8 Å². The first-order chi connectivity index (χ1) is 15.3. The van der Waals surface area contributed by atoms with Crippen LogP contribution >= 0.6 is 23.2 Å². The first kappa shape index (κ1) is 23.4. The van der Waals surface area contributed by atoms with Crippen LogP contribution < -0.4 is 10.1 Å². The quantitative estimate of drug-likeness (QED) is 0.386. The number of benzene rings is 2. The SMILES string of the molecule is COc1ccc(NC(=O)C(OC(=O)/C=C/c2c(C)nn(C)c2Cl)c2ccccc2)cc1Cl. The van der Waals surface area contributed by atoms with Crippen molar-refractivity contribution in [2.24, 2.45) is 7.05 Å². The standard InChI is InChI=1S/C23H21Cl2N3O4/c1-14-17(22(25)28(2)27-14)10-12-20(29)32-21(15-7-5-4-6-8-15)23(30)26-16-9-11-19(31-3)18(24)13-16/h4-13,21H,1-3H3,(H,26,30)/b12-10+. The number of rotatable bonds is 7. The van der Waals surface area contributed by atoms with Gasteiger partial charge < -0.3 is 14.8 Å². The molecule has 3 rings (SSSR count). The monoisotopic (exact) mass is 473 g/mol. The predicted octanol–water partition coefficient (Wildman–Crippen LogP) is 4.98. The fourth-order valence-electron chi connectivity index (χ4n) is 3.00. The van der Waals surface area contributed by atoms with Gasteiger partial charge in [-0.2, -0.15) is 5.10 Å². The van der Waals surface area contributed by atoms with E-state index in [2.05, 4.69) is 10.4 Å². The van der Waals surface area contributed by atoms with Crippen LogP contribution in [0.25, 0.3) is 6.08 Å². The van der Waals surface area contributed by atoms with E-state index in [0.717, 1.165) is 0 Å². The Kier molecular flexibility index (Phi) is 7.56. The predicted molar refractivity (Wildman–Crippen MR) is 124 cm³/mol. The number of nitrogens with one attached hydrogen (secondary N) is 1. The minimum atomic E-state index is -1.18. The molecule has 9 heteroatoms. The Morgan fingerprint density at radius 3 is 2.47 bits per heavy atom. The second-order valence-corrected chi connectivity index (χ2v) is 7.58. The van der Waals surface area contributed by atoms with Crippen LogP contribution in [0.1, 0.15) is 22.9 Å². The normalized spacial score (nSPS) is 11.9. The Labute approximate surface area is 195 Å². The number of halogens is 2. The maximum Gasteiger partial charge on any atom is 0.331 e. The number of ether oxygens (including phenoxy) is 2. The molecule has 0 radical (unpaired) electrons. The molecule has 0 aliphatic rings. The van der Waals surface area contributed by atoms with E-state index in [9.17, 15) is 9.59 Å². The van der Waals surface area contributed by atoms with Crippen molar-refractivity contribution in [3.63, 3.8) is 0 Å². The Balaban J connectivity index is 1.80. The van der Waals surface area contributed by atoms with Crippen molar-refractivity contribution >= 4 is 46.8 Å². The number of nitrogens with zero attached hydrogens (tertiary/aromatic N) is 2. The fraction of sp³-hybridized carbons (Fsp3) is 0.174. The summed E-state index contributed by atoms with van der Waals surface area (Å²) in [7, 11) is 3.20. The van der Waals surface area contributed by atoms with Crippen LogP contribution in [0.3, 0.4) is 0 Å². The summed E-state index contributed by atoms with van der Waals surface area (Å²) in [5, 5.41) is 7.64. The molecule has 0 spiro atoms. The van der Waals surface area contributed by atoms with E-state index in [1.165, 1.54) is 23.9 Å². The maximum absolute atomic E-state index is 13.0. The number of aromatic nitrogens is 2. The topological polar surface area (TPSA) is 82.4 Å². The van der Waals surface area contributed by atoms with E-state index in [1.807, 2.05) is 0 Å². The second kappa shape index (κ2) is 10.3. The van der Waals surface area contributed by atoms with Crippen LogP contribution in [-0.2, 0) is 21.4 Å². The average Bonchev–Trinajstić information content (AvgIpc) is 3.02. The van der Waals surface area contributed by atoms with Crippen molar-refractivity contribution in [2.45, 2.75) is 13.0 Å². The summed E-state index contributed by atoms with van der Waals surface area (Å²) in [5.74, 6) is -0.763. The van der Waals surface area contributed by atoms with Gasteiger partial charge in [0, 0.05) is 29.9 Å². The van der Waals surface area contributed by atoms with Crippen LogP contribution in [0, 0.1) is 6.92 Å². The van der Waals surface area contributed by atoms with Crippen molar-refractivity contribution in [3.8, 4) is 5.75 Å². The third kappa shape index (κ3) is 5.49. The molecule has 0 aliphatic carbocycles. The summed E-state index contributed by atoms with van der Waals surface area (Å²) in [6.07, 6.45) is 1.54. The lowest BCUT2D eigenvalue weighted by Gasteiger charge is -2.17. The van der Waals surface area contributed by atoms with E-state index in [4.69, 9.17) is 32.7 Å². The van der Waals surface area contributed by atoms with Gasteiger partial charge in [-0.25, -0.2) is 4.79 Å². The number of carbonyl (C=O) groups is 2. The molecule has 1 aromatic heterocycles. The van der Waals surface area contributed by atoms with Gasteiger partial charge in [-0.3, -0.25) is 9.48 Å². The number of hydrogen-bond donors (Lipinski definition) is 1. The lowest BCUT2D eigenvalue weighted by atomic mass is 10.1. The van der Waals surface area contributed by atoms with Crippen LogP contribution in [0.4, 0.5) is 5.69 Å². The van der Waals surface area contributed by atoms with Crippen LogP contribution in [0.2, 0.25) is 10.2 Å². The summed E-state index contributed by atoms with van der Waals surface area (Å²) < 4.78 is 12.1. The second-order valence-electron chi connectivity index (χ2n) is 6.81. The molecule has 1 unspecified atom stereocenters. The molecule has 0 aliphatic heterocycles. The summed E-state index contributed by atoms with van der Waals surface area (Å²) in [5.41, 5.74) is 2.21. The van der Waals surface area contributed by atoms with Gasteiger partial charge in [0.1, 0.15) is 10.9 Å². The molecule has 1 amide bonds. The number of amides is 1. The molecule has 3 aromatic rings. The van der Waals surface area contributed by atoms with E-state index in [1.54, 1.807) is 62.5 Å². The Morgan fingerprint density at radius 1 is 1.16 bits per heavy atom. The molecule has 1 heterocycles. The zero-order chi connectivity index (χ0) is 23.3. The lowest BCUT2D eigenvalue weighted by molar-refractivity contribution is -0.149. The smallest absolute Gasteiger partial charge is 0.331 e. The van der Waals surface area contributed by atoms with Crippen molar-refractivity contribution in [1.82, 2.24) is 9.78 Å². The van der Waals surface area contributed by atoms with Gasteiger partial charge in [-0.05, 0) is 31.2 Å². The van der Waals surface area contributed by atoms with E-state index >= 15 is 0 Å². The third-order valence-electron chi connectivity index (χ3n) is 4.58. The molecule has 1 atom stereocenters. The van der Waals surface area contributed by atoms with Crippen molar-refractivity contribution < 1.29 is 19.1 Å². The molecule has 7 nitrogen and oxygen atoms in total. The molecular formula is C23H21Cl2N3O4. The Hall–Kier alpha value is -3.29. The highest BCUT2D eigenvalue weighted by atomic mass is 35.5. The Morgan fingerprint density at radius 2 is 1.88 bits per heavy atom. The number of carbonyl (C=O) groups excluding carboxylic acids is 2. The molecule has 0 saturated carbocycles. The number of aryl methyl sites for hydroxylation is 2. The van der Waals surface area contributed by atoms with Crippen molar-refractivity contribution in [1.29, 1.82) is 0 Å². The maximum atomic E-state index is 13.0. The van der Waals surface area contributed by atoms with Gasteiger partial charge in [-0.15, -0.1) is 0 Å². The van der Waals surface area contributed by atoms with Gasteiger partial charge in [0.05, 0.1) is 17.8 Å². The van der Waals surface area contributed by atoms with Crippen LogP contribution in [0.15, 0.2) is 54.6 Å². The van der Waals surface area contributed by atoms with Gasteiger partial charge in [-0.1, -0.05) is 53.5 Å². The fourth-order valence-corrected chi connectivity index (χ4v) is 3.49. The summed E-state index contributed by atoms with van der Waals surface area (Å²) in [6.45, 7) is 1.77. The molecule has 166 valence electrons. The zero-order valence-electron chi connectivity index (χ0n) is 17.6. The summed E-state index contributed by atoms with van der Waals surface area (Å²) in [6, 6.07) is 13.5. The largest absolute Gasteiger partial charge is 0.495 e. The Bertz CT molecular complexity index is 1160. The molecular weight excluding hydrogens is 453 g/mol.